The third-order valence-electron chi connectivity index (χ3n) is 3.12. The highest BCUT2D eigenvalue weighted by Crippen LogP contribution is 2.26. The molecule has 0 aliphatic rings. The highest BCUT2D eigenvalue weighted by molar-refractivity contribution is 5.98. The fraction of sp³-hybridized carbons (Fsp3) is 0.467. The molecule has 0 unspecified atom stereocenters. The predicted molar refractivity (Wildman–Crippen MR) is 80.1 cm³/mol. The smallest absolute Gasteiger partial charge is 0.254 e. The fourth-order valence-electron chi connectivity index (χ4n) is 2.05. The summed E-state index contributed by atoms with van der Waals surface area (Å²) in [6.07, 6.45) is 0. The summed E-state index contributed by atoms with van der Waals surface area (Å²) in [6.45, 7) is 8.68. The van der Waals surface area contributed by atoms with Crippen molar-refractivity contribution in [3.05, 3.63) is 35.4 Å². The first-order valence-electron chi connectivity index (χ1n) is 6.66. The van der Waals surface area contributed by atoms with Gasteiger partial charge in [-0.25, -0.2) is 0 Å². The molecule has 5 nitrogen and oxygen atoms in total. The zero-order chi connectivity index (χ0) is 15.3. The SMILES string of the molecule is CCN(C/C(N)=N/O)C(=O)c1ccccc1C(C)(C)C. The molecule has 0 aromatic heterocycles. The van der Waals surface area contributed by atoms with E-state index in [0.29, 0.717) is 12.1 Å². The van der Waals surface area contributed by atoms with Crippen molar-refractivity contribution in [1.29, 1.82) is 0 Å². The molecule has 0 saturated carbocycles. The van der Waals surface area contributed by atoms with Crippen LogP contribution >= 0.6 is 0 Å². The van der Waals surface area contributed by atoms with Crippen LogP contribution in [-0.2, 0) is 5.41 Å². The van der Waals surface area contributed by atoms with Crippen LogP contribution in [0.3, 0.4) is 0 Å². The lowest BCUT2D eigenvalue weighted by molar-refractivity contribution is 0.0783. The van der Waals surface area contributed by atoms with Crippen LogP contribution in [0.1, 0.15) is 43.6 Å². The molecule has 1 rings (SSSR count). The van der Waals surface area contributed by atoms with Crippen molar-refractivity contribution in [1.82, 2.24) is 4.90 Å². The average Bonchev–Trinajstić information content (AvgIpc) is 2.42. The van der Waals surface area contributed by atoms with E-state index in [4.69, 9.17) is 10.9 Å². The Morgan fingerprint density at radius 2 is 1.95 bits per heavy atom. The molecule has 110 valence electrons. The molecule has 1 amide bonds. The average molecular weight is 277 g/mol. The third-order valence-corrected chi connectivity index (χ3v) is 3.12. The predicted octanol–water partition coefficient (Wildman–Crippen LogP) is 2.19. The second-order valence-electron chi connectivity index (χ2n) is 5.71. The Bertz CT molecular complexity index is 504. The number of hydrogen-bond donors (Lipinski definition) is 2. The van der Waals surface area contributed by atoms with Gasteiger partial charge in [0.2, 0.25) is 0 Å². The summed E-state index contributed by atoms with van der Waals surface area (Å²) in [5.74, 6) is -0.0851. The zero-order valence-corrected chi connectivity index (χ0v) is 12.6. The molecule has 3 N–H and O–H groups in total. The van der Waals surface area contributed by atoms with Gasteiger partial charge < -0.3 is 15.8 Å². The number of carbonyl (C=O) groups is 1. The van der Waals surface area contributed by atoms with Gasteiger partial charge >= 0.3 is 0 Å². The van der Waals surface area contributed by atoms with E-state index in [9.17, 15) is 4.79 Å². The first kappa shape index (κ1) is 16.0. The van der Waals surface area contributed by atoms with Gasteiger partial charge in [0.1, 0.15) is 0 Å². The first-order valence-corrected chi connectivity index (χ1v) is 6.66. The Kier molecular flexibility index (Phi) is 5.13. The standard InChI is InChI=1S/C15H23N3O2/c1-5-18(10-13(16)17-20)14(19)11-8-6-7-9-12(11)15(2,3)4/h6-9,20H,5,10H2,1-4H3,(H2,16,17). The Balaban J connectivity index is 3.14. The van der Waals surface area contributed by atoms with Crippen LogP contribution < -0.4 is 5.73 Å². The molecule has 20 heavy (non-hydrogen) atoms. The number of amides is 1. The van der Waals surface area contributed by atoms with Crippen LogP contribution in [-0.4, -0.2) is 34.9 Å². The van der Waals surface area contributed by atoms with Gasteiger partial charge in [-0.2, -0.15) is 0 Å². The first-order chi connectivity index (χ1) is 9.31. The topological polar surface area (TPSA) is 78.9 Å². The second-order valence-corrected chi connectivity index (χ2v) is 5.71. The molecule has 0 radical (unpaired) electrons. The van der Waals surface area contributed by atoms with E-state index in [1.807, 2.05) is 31.2 Å². The molecular weight excluding hydrogens is 254 g/mol. The molecule has 0 fully saturated rings. The van der Waals surface area contributed by atoms with Gasteiger partial charge in [0.05, 0.1) is 6.54 Å². The molecule has 1 aromatic carbocycles. The molecule has 0 aliphatic carbocycles. The Hall–Kier alpha value is -2.04. The van der Waals surface area contributed by atoms with E-state index >= 15 is 0 Å². The van der Waals surface area contributed by atoms with Crippen molar-refractivity contribution in [2.45, 2.75) is 33.1 Å². The summed E-state index contributed by atoms with van der Waals surface area (Å²) in [6, 6.07) is 7.55. The Morgan fingerprint density at radius 3 is 2.45 bits per heavy atom. The van der Waals surface area contributed by atoms with Gasteiger partial charge in [0, 0.05) is 12.1 Å². The van der Waals surface area contributed by atoms with Crippen molar-refractivity contribution < 1.29 is 10.0 Å². The minimum Gasteiger partial charge on any atom is -0.409 e. The van der Waals surface area contributed by atoms with Crippen molar-refractivity contribution in [2.75, 3.05) is 13.1 Å². The van der Waals surface area contributed by atoms with E-state index < -0.39 is 0 Å². The van der Waals surface area contributed by atoms with Crippen LogP contribution in [0.25, 0.3) is 0 Å². The molecule has 0 spiro atoms. The summed E-state index contributed by atoms with van der Waals surface area (Å²) in [5.41, 5.74) is 7.02. The van der Waals surface area contributed by atoms with E-state index in [0.717, 1.165) is 5.56 Å². The lowest BCUT2D eigenvalue weighted by Gasteiger charge is -2.26. The normalized spacial score (nSPS) is 12.3. The number of carbonyl (C=O) groups excluding carboxylic acids is 1. The maximum Gasteiger partial charge on any atom is 0.254 e. The van der Waals surface area contributed by atoms with E-state index in [2.05, 4.69) is 25.9 Å². The maximum atomic E-state index is 12.6. The van der Waals surface area contributed by atoms with Gasteiger partial charge in [-0.1, -0.05) is 44.1 Å². The van der Waals surface area contributed by atoms with Crippen LogP contribution in [0.5, 0.6) is 0 Å². The zero-order valence-electron chi connectivity index (χ0n) is 12.6. The molecule has 0 heterocycles. The number of nitrogens with two attached hydrogens (primary N) is 1. The quantitative estimate of drug-likeness (QED) is 0.383. The summed E-state index contributed by atoms with van der Waals surface area (Å²) in [4.78, 5) is 14.2. The van der Waals surface area contributed by atoms with Crippen LogP contribution in [0.4, 0.5) is 0 Å². The van der Waals surface area contributed by atoms with Gasteiger partial charge in [0.25, 0.3) is 5.91 Å². The van der Waals surface area contributed by atoms with Gasteiger partial charge in [0.15, 0.2) is 5.84 Å². The monoisotopic (exact) mass is 277 g/mol. The Labute approximate surface area is 120 Å². The summed E-state index contributed by atoms with van der Waals surface area (Å²) >= 11 is 0. The maximum absolute atomic E-state index is 12.6. The highest BCUT2D eigenvalue weighted by atomic mass is 16.4. The summed E-state index contributed by atoms with van der Waals surface area (Å²) < 4.78 is 0. The van der Waals surface area contributed by atoms with E-state index in [1.165, 1.54) is 0 Å². The largest absolute Gasteiger partial charge is 0.409 e. The number of rotatable bonds is 4. The van der Waals surface area contributed by atoms with Crippen LogP contribution in [0.2, 0.25) is 0 Å². The minimum atomic E-state index is -0.123. The van der Waals surface area contributed by atoms with E-state index in [1.54, 1.807) is 4.90 Å². The van der Waals surface area contributed by atoms with Gasteiger partial charge in [-0.3, -0.25) is 4.79 Å². The lowest BCUT2D eigenvalue weighted by atomic mass is 9.83. The van der Waals surface area contributed by atoms with Crippen molar-refractivity contribution in [2.24, 2.45) is 10.9 Å². The summed E-state index contributed by atoms with van der Waals surface area (Å²) in [5, 5.41) is 11.6. The molecular formula is C15H23N3O2. The van der Waals surface area contributed by atoms with Crippen LogP contribution in [0, 0.1) is 0 Å². The number of amidine groups is 1. The van der Waals surface area contributed by atoms with Crippen molar-refractivity contribution in [3.63, 3.8) is 0 Å². The summed E-state index contributed by atoms with van der Waals surface area (Å²) in [7, 11) is 0. The number of oxime groups is 1. The van der Waals surface area contributed by atoms with Crippen molar-refractivity contribution >= 4 is 11.7 Å². The molecule has 0 atom stereocenters. The molecule has 1 aromatic rings. The fourth-order valence-corrected chi connectivity index (χ4v) is 2.05. The van der Waals surface area contributed by atoms with Crippen molar-refractivity contribution in [3.8, 4) is 0 Å². The van der Waals surface area contributed by atoms with E-state index in [-0.39, 0.29) is 23.7 Å². The lowest BCUT2D eigenvalue weighted by Crippen LogP contribution is -2.39. The third kappa shape index (κ3) is 3.73. The minimum absolute atomic E-state index is 0.0217. The van der Waals surface area contributed by atoms with Crippen LogP contribution in [0.15, 0.2) is 29.4 Å². The molecule has 0 saturated heterocycles. The number of likely N-dealkylation sites (N-methyl/N-ethyl adjacent to an activating group) is 1. The molecule has 0 aliphatic heterocycles. The Morgan fingerprint density at radius 1 is 1.35 bits per heavy atom. The number of nitrogens with zero attached hydrogens (tertiary/aromatic N) is 2. The molecule has 5 heteroatoms. The number of hydrogen-bond acceptors (Lipinski definition) is 3. The van der Waals surface area contributed by atoms with Gasteiger partial charge in [-0.05, 0) is 24.0 Å². The number of benzene rings is 1. The van der Waals surface area contributed by atoms with Gasteiger partial charge in [-0.15, -0.1) is 0 Å². The highest BCUT2D eigenvalue weighted by Gasteiger charge is 2.24. The second kappa shape index (κ2) is 6.41. The molecule has 0 bridgehead atoms.